The van der Waals surface area contributed by atoms with E-state index in [4.69, 9.17) is 10.5 Å². The summed E-state index contributed by atoms with van der Waals surface area (Å²) >= 11 is 0. The van der Waals surface area contributed by atoms with Crippen molar-refractivity contribution in [2.24, 2.45) is 10.7 Å². The van der Waals surface area contributed by atoms with Crippen molar-refractivity contribution in [2.75, 3.05) is 23.3 Å². The van der Waals surface area contributed by atoms with Crippen LogP contribution in [0.1, 0.15) is 18.4 Å². The molecule has 0 spiro atoms. The van der Waals surface area contributed by atoms with Crippen molar-refractivity contribution in [3.05, 3.63) is 78.5 Å². The highest BCUT2D eigenvalue weighted by Gasteiger charge is 2.13. The summed E-state index contributed by atoms with van der Waals surface area (Å²) in [5, 5.41) is 3.13. The fourth-order valence-electron chi connectivity index (χ4n) is 3.30. The molecule has 3 N–H and O–H groups in total. The summed E-state index contributed by atoms with van der Waals surface area (Å²) in [5.41, 5.74) is 8.01. The Kier molecular flexibility index (Phi) is 5.90. The van der Waals surface area contributed by atoms with Gasteiger partial charge < -0.3 is 20.7 Å². The van der Waals surface area contributed by atoms with Gasteiger partial charge in [0, 0.05) is 31.0 Å². The average molecular weight is 387 g/mol. The lowest BCUT2D eigenvalue weighted by Crippen LogP contribution is -2.22. The second-order valence-electron chi connectivity index (χ2n) is 6.99. The van der Waals surface area contributed by atoms with Crippen LogP contribution in [0.15, 0.2) is 77.9 Å². The smallest absolute Gasteiger partial charge is 0.193 e. The molecule has 148 valence electrons. The van der Waals surface area contributed by atoms with Crippen LogP contribution in [0.3, 0.4) is 0 Å². The maximum atomic E-state index is 6.09. The van der Waals surface area contributed by atoms with Gasteiger partial charge in [0.1, 0.15) is 17.3 Å². The van der Waals surface area contributed by atoms with Crippen LogP contribution >= 0.6 is 0 Å². The Morgan fingerprint density at radius 3 is 2.62 bits per heavy atom. The molecule has 6 heteroatoms. The van der Waals surface area contributed by atoms with Crippen molar-refractivity contribution in [1.29, 1.82) is 0 Å². The van der Waals surface area contributed by atoms with Gasteiger partial charge in [-0.2, -0.15) is 0 Å². The molecule has 1 fully saturated rings. The van der Waals surface area contributed by atoms with Crippen LogP contribution < -0.4 is 20.7 Å². The lowest BCUT2D eigenvalue weighted by atomic mass is 10.2. The number of aliphatic imine (C=N–C) groups is 1. The minimum Gasteiger partial charge on any atom is -0.457 e. The maximum Gasteiger partial charge on any atom is 0.193 e. The summed E-state index contributed by atoms with van der Waals surface area (Å²) in [7, 11) is 0. The van der Waals surface area contributed by atoms with E-state index in [-0.39, 0.29) is 0 Å². The van der Waals surface area contributed by atoms with Crippen molar-refractivity contribution < 1.29 is 4.74 Å². The average Bonchev–Trinajstić information content (AvgIpc) is 3.29. The Balaban J connectivity index is 1.38. The Labute approximate surface area is 171 Å². The molecule has 0 bridgehead atoms. The first-order chi connectivity index (χ1) is 14.3. The number of benzene rings is 2. The number of hydrogen-bond donors (Lipinski definition) is 2. The molecule has 0 amide bonds. The first-order valence-electron chi connectivity index (χ1n) is 9.86. The van der Waals surface area contributed by atoms with E-state index in [0.29, 0.717) is 12.5 Å². The molecule has 0 unspecified atom stereocenters. The molecule has 1 aliphatic rings. The number of para-hydroxylation sites is 1. The predicted molar refractivity (Wildman–Crippen MR) is 118 cm³/mol. The summed E-state index contributed by atoms with van der Waals surface area (Å²) in [5.74, 6) is 2.91. The Hall–Kier alpha value is -3.54. The molecule has 1 aromatic heterocycles. The van der Waals surface area contributed by atoms with Gasteiger partial charge in [-0.1, -0.05) is 24.3 Å². The minimum atomic E-state index is 0.362. The fourth-order valence-corrected chi connectivity index (χ4v) is 3.30. The third kappa shape index (κ3) is 5.25. The maximum absolute atomic E-state index is 6.09. The minimum absolute atomic E-state index is 0.362. The van der Waals surface area contributed by atoms with E-state index in [1.54, 1.807) is 0 Å². The summed E-state index contributed by atoms with van der Waals surface area (Å²) in [6, 6.07) is 21.4. The molecule has 6 nitrogen and oxygen atoms in total. The monoisotopic (exact) mass is 387 g/mol. The van der Waals surface area contributed by atoms with Gasteiger partial charge in [-0.15, -0.1) is 0 Å². The van der Waals surface area contributed by atoms with Gasteiger partial charge in [-0.05, 0) is 54.8 Å². The zero-order valence-electron chi connectivity index (χ0n) is 16.3. The zero-order chi connectivity index (χ0) is 19.9. The number of anilines is 2. The van der Waals surface area contributed by atoms with Crippen LogP contribution in [0.2, 0.25) is 0 Å². The first-order valence-corrected chi connectivity index (χ1v) is 9.86. The number of hydrogen-bond acceptors (Lipinski definition) is 4. The number of nitrogens with one attached hydrogen (secondary N) is 1. The van der Waals surface area contributed by atoms with E-state index in [9.17, 15) is 0 Å². The van der Waals surface area contributed by atoms with Gasteiger partial charge in [0.2, 0.25) is 0 Å². The van der Waals surface area contributed by atoms with Crippen LogP contribution in [-0.2, 0) is 6.54 Å². The van der Waals surface area contributed by atoms with Gasteiger partial charge in [0.25, 0.3) is 0 Å². The third-order valence-corrected chi connectivity index (χ3v) is 4.76. The van der Waals surface area contributed by atoms with Gasteiger partial charge >= 0.3 is 0 Å². The van der Waals surface area contributed by atoms with Crippen LogP contribution in [0.4, 0.5) is 11.5 Å². The largest absolute Gasteiger partial charge is 0.457 e. The van der Waals surface area contributed by atoms with E-state index in [1.807, 2.05) is 66.9 Å². The molecule has 0 aliphatic carbocycles. The Morgan fingerprint density at radius 1 is 1.00 bits per heavy atom. The summed E-state index contributed by atoms with van der Waals surface area (Å²) in [6.07, 6.45) is 4.30. The molecule has 1 saturated heterocycles. The second-order valence-corrected chi connectivity index (χ2v) is 6.99. The number of ether oxygens (including phenoxy) is 1. The fraction of sp³-hybridized carbons (Fsp3) is 0.217. The Morgan fingerprint density at radius 2 is 1.79 bits per heavy atom. The summed E-state index contributed by atoms with van der Waals surface area (Å²) in [4.78, 5) is 11.3. The van der Waals surface area contributed by atoms with Gasteiger partial charge in [0.05, 0.1) is 6.54 Å². The molecule has 3 aromatic rings. The predicted octanol–water partition coefficient (Wildman–Crippen LogP) is 4.40. The number of aromatic nitrogens is 1. The summed E-state index contributed by atoms with van der Waals surface area (Å²) < 4.78 is 5.86. The molecule has 0 saturated carbocycles. The third-order valence-electron chi connectivity index (χ3n) is 4.76. The van der Waals surface area contributed by atoms with E-state index in [1.165, 1.54) is 12.8 Å². The SMILES string of the molecule is NC(=NCc1ccnc(N2CCCC2)c1)Nc1cccc(Oc2ccccc2)c1. The van der Waals surface area contributed by atoms with Crippen LogP contribution in [0.5, 0.6) is 11.5 Å². The second kappa shape index (κ2) is 9.10. The van der Waals surface area contributed by atoms with Gasteiger partial charge in [0.15, 0.2) is 5.96 Å². The quantitative estimate of drug-likeness (QED) is 0.484. The lowest BCUT2D eigenvalue weighted by molar-refractivity contribution is 0.483. The van der Waals surface area contributed by atoms with Gasteiger partial charge in [-0.25, -0.2) is 9.98 Å². The van der Waals surface area contributed by atoms with E-state index in [2.05, 4.69) is 26.3 Å². The van der Waals surface area contributed by atoms with Crippen molar-refractivity contribution in [1.82, 2.24) is 4.98 Å². The normalized spacial score (nSPS) is 14.1. The molecule has 2 aromatic carbocycles. The molecule has 0 atom stereocenters. The standard InChI is InChI=1S/C23H25N5O/c24-23(26-17-18-11-12-25-22(15-18)28-13-4-5-14-28)27-19-7-6-10-21(16-19)29-20-8-2-1-3-9-20/h1-3,6-12,15-16H,4-5,13-14,17H2,(H3,24,26,27). The van der Waals surface area contributed by atoms with Crippen LogP contribution in [0, 0.1) is 0 Å². The highest BCUT2D eigenvalue weighted by molar-refractivity contribution is 5.92. The van der Waals surface area contributed by atoms with Crippen LogP contribution in [0.25, 0.3) is 0 Å². The Bertz CT molecular complexity index is 968. The van der Waals surface area contributed by atoms with Crippen molar-refractivity contribution in [3.8, 4) is 11.5 Å². The zero-order valence-corrected chi connectivity index (χ0v) is 16.3. The highest BCUT2D eigenvalue weighted by atomic mass is 16.5. The van der Waals surface area contributed by atoms with Crippen LogP contribution in [-0.4, -0.2) is 24.0 Å². The molecule has 2 heterocycles. The van der Waals surface area contributed by atoms with Crippen molar-refractivity contribution >= 4 is 17.5 Å². The molecule has 4 rings (SSSR count). The lowest BCUT2D eigenvalue weighted by Gasteiger charge is -2.16. The highest BCUT2D eigenvalue weighted by Crippen LogP contribution is 2.24. The molecule has 1 aliphatic heterocycles. The van der Waals surface area contributed by atoms with E-state index < -0.39 is 0 Å². The van der Waals surface area contributed by atoms with Crippen molar-refractivity contribution in [2.45, 2.75) is 19.4 Å². The molecule has 0 radical (unpaired) electrons. The molecular weight excluding hydrogens is 362 g/mol. The van der Waals surface area contributed by atoms with Crippen molar-refractivity contribution in [3.63, 3.8) is 0 Å². The summed E-state index contributed by atoms with van der Waals surface area (Å²) in [6.45, 7) is 2.65. The van der Waals surface area contributed by atoms with E-state index in [0.717, 1.165) is 41.7 Å². The topological polar surface area (TPSA) is 75.8 Å². The van der Waals surface area contributed by atoms with Gasteiger partial charge in [-0.3, -0.25) is 0 Å². The number of rotatable bonds is 6. The first kappa shape index (κ1) is 18.8. The number of pyridine rings is 1. The number of nitrogens with two attached hydrogens (primary N) is 1. The molecule has 29 heavy (non-hydrogen) atoms. The molecular formula is C23H25N5O. The van der Waals surface area contributed by atoms with E-state index >= 15 is 0 Å². The number of guanidine groups is 1. The number of nitrogens with zero attached hydrogens (tertiary/aromatic N) is 3.